The third kappa shape index (κ3) is 2.89. The summed E-state index contributed by atoms with van der Waals surface area (Å²) in [5.74, 6) is -1.26. The van der Waals surface area contributed by atoms with Crippen molar-refractivity contribution in [3.8, 4) is 5.75 Å². The van der Waals surface area contributed by atoms with Crippen LogP contribution in [0, 0.1) is 21.3 Å². The zero-order valence-corrected chi connectivity index (χ0v) is 9.45. The standard InChI is InChI=1S/C8H7BrFN3O3/c9-4-1-6(13(14)15)7(2-5(4)10)16-3-8(11)12/h1-2H,3H2,(H3,11,12). The van der Waals surface area contributed by atoms with E-state index in [1.165, 1.54) is 0 Å². The average molecular weight is 292 g/mol. The van der Waals surface area contributed by atoms with Crippen LogP contribution in [0.15, 0.2) is 16.6 Å². The molecule has 0 saturated carbocycles. The van der Waals surface area contributed by atoms with Crippen LogP contribution in [0.2, 0.25) is 0 Å². The lowest BCUT2D eigenvalue weighted by molar-refractivity contribution is -0.385. The van der Waals surface area contributed by atoms with Gasteiger partial charge in [-0.15, -0.1) is 0 Å². The Bertz CT molecular complexity index is 452. The highest BCUT2D eigenvalue weighted by Crippen LogP contribution is 2.32. The first-order valence-electron chi connectivity index (χ1n) is 4.01. The second-order valence-electron chi connectivity index (χ2n) is 2.81. The molecule has 1 aromatic carbocycles. The van der Waals surface area contributed by atoms with Crippen molar-refractivity contribution in [3.05, 3.63) is 32.5 Å². The molecule has 0 unspecified atom stereocenters. The van der Waals surface area contributed by atoms with Crippen LogP contribution in [0.3, 0.4) is 0 Å². The smallest absolute Gasteiger partial charge is 0.312 e. The van der Waals surface area contributed by atoms with Crippen molar-refractivity contribution >= 4 is 27.5 Å². The van der Waals surface area contributed by atoms with Gasteiger partial charge in [-0.1, -0.05) is 0 Å². The number of nitro benzene ring substituents is 1. The minimum atomic E-state index is -0.709. The molecule has 8 heteroatoms. The molecule has 6 nitrogen and oxygen atoms in total. The number of nitro groups is 1. The van der Waals surface area contributed by atoms with Crippen LogP contribution in [-0.2, 0) is 0 Å². The van der Waals surface area contributed by atoms with Gasteiger partial charge in [-0.25, -0.2) is 4.39 Å². The summed E-state index contributed by atoms with van der Waals surface area (Å²) in [6.07, 6.45) is 0. The summed E-state index contributed by atoms with van der Waals surface area (Å²) in [6, 6.07) is 1.86. The van der Waals surface area contributed by atoms with Crippen molar-refractivity contribution in [2.75, 3.05) is 6.61 Å². The van der Waals surface area contributed by atoms with Crippen molar-refractivity contribution in [1.29, 1.82) is 5.41 Å². The molecular formula is C8H7BrFN3O3. The number of benzene rings is 1. The van der Waals surface area contributed by atoms with E-state index >= 15 is 0 Å². The Morgan fingerprint density at radius 2 is 2.31 bits per heavy atom. The van der Waals surface area contributed by atoms with E-state index in [-0.39, 0.29) is 22.7 Å². The Kier molecular flexibility index (Phi) is 3.78. The predicted octanol–water partition coefficient (Wildman–Crippen LogP) is 1.81. The quantitative estimate of drug-likeness (QED) is 0.382. The van der Waals surface area contributed by atoms with Gasteiger partial charge in [0.15, 0.2) is 0 Å². The number of hydrogen-bond donors (Lipinski definition) is 2. The molecule has 86 valence electrons. The Balaban J connectivity index is 3.09. The molecule has 0 fully saturated rings. The molecule has 0 amide bonds. The Labute approximate surface area is 98.0 Å². The fourth-order valence-corrected chi connectivity index (χ4v) is 1.26. The van der Waals surface area contributed by atoms with Crippen LogP contribution in [0.5, 0.6) is 5.75 Å². The molecular weight excluding hydrogens is 285 g/mol. The van der Waals surface area contributed by atoms with Crippen molar-refractivity contribution in [2.24, 2.45) is 5.73 Å². The monoisotopic (exact) mass is 291 g/mol. The molecule has 0 spiro atoms. The van der Waals surface area contributed by atoms with E-state index in [4.69, 9.17) is 15.9 Å². The van der Waals surface area contributed by atoms with Gasteiger partial charge in [-0.05, 0) is 15.9 Å². The molecule has 3 N–H and O–H groups in total. The van der Waals surface area contributed by atoms with Crippen LogP contribution in [0.1, 0.15) is 0 Å². The lowest BCUT2D eigenvalue weighted by Gasteiger charge is -2.06. The molecule has 0 atom stereocenters. The van der Waals surface area contributed by atoms with Gasteiger partial charge in [0.25, 0.3) is 0 Å². The van der Waals surface area contributed by atoms with Crippen LogP contribution in [0.4, 0.5) is 10.1 Å². The second-order valence-corrected chi connectivity index (χ2v) is 3.66. The van der Waals surface area contributed by atoms with E-state index in [0.717, 1.165) is 12.1 Å². The van der Waals surface area contributed by atoms with E-state index < -0.39 is 16.4 Å². The van der Waals surface area contributed by atoms with Crippen molar-refractivity contribution < 1.29 is 14.1 Å². The highest BCUT2D eigenvalue weighted by molar-refractivity contribution is 9.10. The predicted molar refractivity (Wildman–Crippen MR) is 58.2 cm³/mol. The SMILES string of the molecule is N=C(N)COc1cc(F)c(Br)cc1[N+](=O)[O-]. The summed E-state index contributed by atoms with van der Waals surface area (Å²) in [5, 5.41) is 17.5. The maximum absolute atomic E-state index is 13.1. The van der Waals surface area contributed by atoms with E-state index in [0.29, 0.717) is 0 Å². The molecule has 16 heavy (non-hydrogen) atoms. The molecule has 0 saturated heterocycles. The van der Waals surface area contributed by atoms with Crippen molar-refractivity contribution in [2.45, 2.75) is 0 Å². The minimum absolute atomic E-state index is 0.0330. The van der Waals surface area contributed by atoms with Gasteiger partial charge in [0.1, 0.15) is 18.3 Å². The first kappa shape index (κ1) is 12.4. The van der Waals surface area contributed by atoms with Gasteiger partial charge >= 0.3 is 5.69 Å². The molecule has 1 rings (SSSR count). The molecule has 0 aromatic heterocycles. The molecule has 0 heterocycles. The van der Waals surface area contributed by atoms with E-state index in [1.807, 2.05) is 0 Å². The number of nitrogens with two attached hydrogens (primary N) is 1. The van der Waals surface area contributed by atoms with E-state index in [9.17, 15) is 14.5 Å². The zero-order chi connectivity index (χ0) is 12.3. The lowest BCUT2D eigenvalue weighted by Crippen LogP contribution is -2.19. The molecule has 0 bridgehead atoms. The third-order valence-corrected chi connectivity index (χ3v) is 2.19. The second kappa shape index (κ2) is 4.88. The van der Waals surface area contributed by atoms with Crippen LogP contribution in [0.25, 0.3) is 0 Å². The highest BCUT2D eigenvalue weighted by atomic mass is 79.9. The number of rotatable bonds is 4. The third-order valence-electron chi connectivity index (χ3n) is 1.58. The molecule has 0 aliphatic rings. The van der Waals surface area contributed by atoms with Gasteiger partial charge in [0.2, 0.25) is 5.75 Å². The van der Waals surface area contributed by atoms with Gasteiger partial charge < -0.3 is 10.5 Å². The number of nitrogens with one attached hydrogen (secondary N) is 1. The summed E-state index contributed by atoms with van der Waals surface area (Å²) in [6.45, 7) is -0.331. The number of hydrogen-bond acceptors (Lipinski definition) is 4. The summed E-state index contributed by atoms with van der Waals surface area (Å²) in [5.41, 5.74) is 4.63. The Morgan fingerprint density at radius 3 is 2.81 bits per heavy atom. The van der Waals surface area contributed by atoms with Crippen LogP contribution < -0.4 is 10.5 Å². The summed E-state index contributed by atoms with van der Waals surface area (Å²) >= 11 is 2.83. The maximum atomic E-state index is 13.1. The van der Waals surface area contributed by atoms with Gasteiger partial charge in [-0.2, -0.15) is 0 Å². The summed E-state index contributed by atoms with van der Waals surface area (Å²) in [4.78, 5) is 9.92. The Morgan fingerprint density at radius 1 is 1.69 bits per heavy atom. The number of halogens is 2. The Hall–Kier alpha value is -1.70. The largest absolute Gasteiger partial charge is 0.479 e. The van der Waals surface area contributed by atoms with Crippen molar-refractivity contribution in [3.63, 3.8) is 0 Å². The molecule has 0 aliphatic carbocycles. The number of amidine groups is 1. The summed E-state index contributed by atoms with van der Waals surface area (Å²) in [7, 11) is 0. The van der Waals surface area contributed by atoms with Crippen LogP contribution in [-0.4, -0.2) is 17.4 Å². The molecule has 0 aliphatic heterocycles. The first-order valence-corrected chi connectivity index (χ1v) is 4.80. The zero-order valence-electron chi connectivity index (χ0n) is 7.87. The topological polar surface area (TPSA) is 102 Å². The van der Waals surface area contributed by atoms with E-state index in [1.54, 1.807) is 0 Å². The minimum Gasteiger partial charge on any atom is -0.479 e. The average Bonchev–Trinajstić information content (AvgIpc) is 2.18. The van der Waals surface area contributed by atoms with Gasteiger partial charge in [-0.3, -0.25) is 15.5 Å². The van der Waals surface area contributed by atoms with E-state index in [2.05, 4.69) is 15.9 Å². The fraction of sp³-hybridized carbons (Fsp3) is 0.125. The number of ether oxygens (including phenoxy) is 1. The van der Waals surface area contributed by atoms with Crippen LogP contribution >= 0.6 is 15.9 Å². The van der Waals surface area contributed by atoms with Gasteiger partial charge in [0.05, 0.1) is 9.40 Å². The highest BCUT2D eigenvalue weighted by Gasteiger charge is 2.18. The maximum Gasteiger partial charge on any atom is 0.312 e. The summed E-state index contributed by atoms with van der Waals surface area (Å²) < 4.78 is 17.9. The first-order chi connectivity index (χ1) is 7.41. The molecule has 1 aromatic rings. The number of nitrogens with zero attached hydrogens (tertiary/aromatic N) is 1. The normalized spacial score (nSPS) is 9.88. The van der Waals surface area contributed by atoms with Crippen molar-refractivity contribution in [1.82, 2.24) is 0 Å². The van der Waals surface area contributed by atoms with Gasteiger partial charge in [0, 0.05) is 12.1 Å². The molecule has 0 radical (unpaired) electrons. The lowest BCUT2D eigenvalue weighted by atomic mass is 10.3. The fourth-order valence-electron chi connectivity index (χ4n) is 0.932.